The van der Waals surface area contributed by atoms with Crippen molar-refractivity contribution in [3.8, 4) is 0 Å². The second-order valence-electron chi connectivity index (χ2n) is 3.94. The Hall–Kier alpha value is -1.04. The lowest BCUT2D eigenvalue weighted by atomic mass is 10.1. The number of thiol groups is 1. The number of hydrogen-bond donors (Lipinski definition) is 2. The Balaban J connectivity index is 2.49. The number of carbonyl (C=O) groups is 1. The van der Waals surface area contributed by atoms with Gasteiger partial charge in [0.1, 0.15) is 6.33 Å². The molecule has 0 bridgehead atoms. The molecule has 0 radical (unpaired) electrons. The van der Waals surface area contributed by atoms with Crippen molar-refractivity contribution in [1.29, 1.82) is 0 Å². The highest BCUT2D eigenvalue weighted by molar-refractivity contribution is 7.81. The van der Waals surface area contributed by atoms with Crippen LogP contribution in [0.3, 0.4) is 0 Å². The Morgan fingerprint density at radius 3 is 2.88 bits per heavy atom. The van der Waals surface area contributed by atoms with E-state index >= 15 is 0 Å². The van der Waals surface area contributed by atoms with Crippen molar-refractivity contribution in [2.24, 2.45) is 5.92 Å². The fraction of sp³-hybridized carbons (Fsp3) is 0.700. The summed E-state index contributed by atoms with van der Waals surface area (Å²) in [6.07, 6.45) is 1.65. The van der Waals surface area contributed by atoms with Gasteiger partial charge in [-0.2, -0.15) is 12.6 Å². The molecular weight excluding hydrogens is 224 g/mol. The third kappa shape index (κ3) is 3.23. The van der Waals surface area contributed by atoms with Crippen LogP contribution in [-0.2, 0) is 17.9 Å². The van der Waals surface area contributed by atoms with Gasteiger partial charge in [0.25, 0.3) is 0 Å². The summed E-state index contributed by atoms with van der Waals surface area (Å²) in [5.41, 5.74) is 0. The molecule has 0 aliphatic rings. The van der Waals surface area contributed by atoms with Gasteiger partial charge in [-0.15, -0.1) is 10.2 Å². The van der Waals surface area contributed by atoms with Gasteiger partial charge in [0.15, 0.2) is 5.82 Å². The monoisotopic (exact) mass is 242 g/mol. The summed E-state index contributed by atoms with van der Waals surface area (Å²) in [5, 5.41) is 10.3. The first-order chi connectivity index (χ1) is 7.56. The largest absolute Gasteiger partial charge is 0.348 e. The zero-order valence-electron chi connectivity index (χ0n) is 9.84. The predicted molar refractivity (Wildman–Crippen MR) is 65.2 cm³/mol. The van der Waals surface area contributed by atoms with Crippen LogP contribution in [0.4, 0.5) is 0 Å². The van der Waals surface area contributed by atoms with E-state index in [4.69, 9.17) is 0 Å². The molecule has 1 aromatic rings. The minimum atomic E-state index is -0.280. The van der Waals surface area contributed by atoms with Crippen molar-refractivity contribution < 1.29 is 4.79 Å². The van der Waals surface area contributed by atoms with Crippen molar-refractivity contribution in [2.75, 3.05) is 0 Å². The quantitative estimate of drug-likeness (QED) is 0.753. The molecule has 0 fully saturated rings. The molecule has 0 aliphatic carbocycles. The second kappa shape index (κ2) is 5.89. The Labute approximate surface area is 101 Å². The lowest BCUT2D eigenvalue weighted by Gasteiger charge is -2.14. The predicted octanol–water partition coefficient (Wildman–Crippen LogP) is 0.869. The number of carbonyl (C=O) groups excluding carboxylic acids is 1. The number of aromatic nitrogens is 3. The average molecular weight is 242 g/mol. The maximum absolute atomic E-state index is 11.6. The first-order valence-corrected chi connectivity index (χ1v) is 5.90. The van der Waals surface area contributed by atoms with E-state index in [0.717, 1.165) is 12.4 Å². The summed E-state index contributed by atoms with van der Waals surface area (Å²) >= 11 is 4.25. The fourth-order valence-corrected chi connectivity index (χ4v) is 1.34. The molecule has 1 N–H and O–H groups in total. The first-order valence-electron chi connectivity index (χ1n) is 5.38. The number of aryl methyl sites for hydroxylation is 1. The molecule has 1 atom stereocenters. The van der Waals surface area contributed by atoms with Gasteiger partial charge in [0.05, 0.1) is 11.8 Å². The van der Waals surface area contributed by atoms with Crippen LogP contribution in [-0.4, -0.2) is 25.9 Å². The smallest absolute Gasteiger partial charge is 0.233 e. The topological polar surface area (TPSA) is 59.8 Å². The van der Waals surface area contributed by atoms with Crippen LogP contribution >= 0.6 is 12.6 Å². The SMILES string of the molecule is CCn1cnnc1CNC(=O)C(S)C(C)C. The normalized spacial score (nSPS) is 12.8. The van der Waals surface area contributed by atoms with Gasteiger partial charge in [0, 0.05) is 6.54 Å². The average Bonchev–Trinajstić information content (AvgIpc) is 2.71. The van der Waals surface area contributed by atoms with Crippen LogP contribution in [0.1, 0.15) is 26.6 Å². The van der Waals surface area contributed by atoms with Crippen LogP contribution < -0.4 is 5.32 Å². The minimum Gasteiger partial charge on any atom is -0.348 e. The lowest BCUT2D eigenvalue weighted by Crippen LogP contribution is -2.34. The standard InChI is InChI=1S/C10H18N4OS/c1-4-14-6-12-13-8(14)5-11-10(15)9(16)7(2)3/h6-7,9,16H,4-5H2,1-3H3,(H,11,15). The fourth-order valence-electron chi connectivity index (χ4n) is 1.25. The van der Waals surface area contributed by atoms with E-state index in [0.29, 0.717) is 6.54 Å². The third-order valence-electron chi connectivity index (χ3n) is 2.36. The van der Waals surface area contributed by atoms with Crippen molar-refractivity contribution in [1.82, 2.24) is 20.1 Å². The molecule has 0 saturated carbocycles. The van der Waals surface area contributed by atoms with Gasteiger partial charge in [-0.3, -0.25) is 4.79 Å². The van der Waals surface area contributed by atoms with Gasteiger partial charge in [-0.1, -0.05) is 13.8 Å². The van der Waals surface area contributed by atoms with Gasteiger partial charge in [0.2, 0.25) is 5.91 Å². The molecule has 0 saturated heterocycles. The molecule has 6 heteroatoms. The van der Waals surface area contributed by atoms with Gasteiger partial charge < -0.3 is 9.88 Å². The number of hydrogen-bond acceptors (Lipinski definition) is 4. The number of nitrogens with zero attached hydrogens (tertiary/aromatic N) is 3. The molecule has 16 heavy (non-hydrogen) atoms. The molecular formula is C10H18N4OS. The van der Waals surface area contributed by atoms with Crippen LogP contribution in [0.5, 0.6) is 0 Å². The van der Waals surface area contributed by atoms with E-state index in [2.05, 4.69) is 28.1 Å². The zero-order chi connectivity index (χ0) is 12.1. The summed E-state index contributed by atoms with van der Waals surface area (Å²) < 4.78 is 1.89. The summed E-state index contributed by atoms with van der Waals surface area (Å²) in [6, 6.07) is 0. The van der Waals surface area contributed by atoms with Crippen molar-refractivity contribution in [3.05, 3.63) is 12.2 Å². The van der Waals surface area contributed by atoms with Gasteiger partial charge >= 0.3 is 0 Å². The Bertz CT molecular complexity index is 350. The van der Waals surface area contributed by atoms with E-state index in [1.165, 1.54) is 0 Å². The zero-order valence-corrected chi connectivity index (χ0v) is 10.7. The molecule has 1 amide bonds. The molecule has 1 heterocycles. The molecule has 1 rings (SSSR count). The summed E-state index contributed by atoms with van der Waals surface area (Å²) in [6.45, 7) is 7.13. The van der Waals surface area contributed by atoms with Crippen molar-refractivity contribution >= 4 is 18.5 Å². The Morgan fingerprint density at radius 2 is 2.31 bits per heavy atom. The minimum absolute atomic E-state index is 0.0658. The maximum Gasteiger partial charge on any atom is 0.233 e. The molecule has 0 aliphatic heterocycles. The lowest BCUT2D eigenvalue weighted by molar-refractivity contribution is -0.121. The highest BCUT2D eigenvalue weighted by Gasteiger charge is 2.17. The highest BCUT2D eigenvalue weighted by Crippen LogP contribution is 2.08. The van der Waals surface area contributed by atoms with Crippen LogP contribution in [0.15, 0.2) is 6.33 Å². The third-order valence-corrected chi connectivity index (χ3v) is 3.19. The van der Waals surface area contributed by atoms with E-state index in [1.54, 1.807) is 6.33 Å². The first kappa shape index (κ1) is 13.0. The molecule has 90 valence electrons. The molecule has 0 spiro atoms. The van der Waals surface area contributed by atoms with Crippen LogP contribution in [0.25, 0.3) is 0 Å². The Morgan fingerprint density at radius 1 is 1.62 bits per heavy atom. The summed E-state index contributed by atoms with van der Waals surface area (Å²) in [5.74, 6) is 0.913. The summed E-state index contributed by atoms with van der Waals surface area (Å²) in [7, 11) is 0. The van der Waals surface area contributed by atoms with E-state index < -0.39 is 0 Å². The molecule has 1 unspecified atom stereocenters. The molecule has 0 aromatic carbocycles. The highest BCUT2D eigenvalue weighted by atomic mass is 32.1. The van der Waals surface area contributed by atoms with Crippen molar-refractivity contribution in [3.63, 3.8) is 0 Å². The number of amides is 1. The molecule has 5 nitrogen and oxygen atoms in total. The van der Waals surface area contributed by atoms with Crippen LogP contribution in [0.2, 0.25) is 0 Å². The number of rotatable bonds is 5. The second-order valence-corrected chi connectivity index (χ2v) is 4.50. The van der Waals surface area contributed by atoms with Crippen molar-refractivity contribution in [2.45, 2.75) is 39.1 Å². The summed E-state index contributed by atoms with van der Waals surface area (Å²) in [4.78, 5) is 11.6. The van der Waals surface area contributed by atoms with Crippen LogP contribution in [0, 0.1) is 5.92 Å². The van der Waals surface area contributed by atoms with Gasteiger partial charge in [-0.25, -0.2) is 0 Å². The number of nitrogens with one attached hydrogen (secondary N) is 1. The van der Waals surface area contributed by atoms with E-state index in [1.807, 2.05) is 25.3 Å². The van der Waals surface area contributed by atoms with E-state index in [-0.39, 0.29) is 17.1 Å². The van der Waals surface area contributed by atoms with E-state index in [9.17, 15) is 4.79 Å². The maximum atomic E-state index is 11.6. The Kier molecular flexibility index (Phi) is 4.79. The molecule has 1 aromatic heterocycles. The van der Waals surface area contributed by atoms with Gasteiger partial charge in [-0.05, 0) is 12.8 Å².